The van der Waals surface area contributed by atoms with E-state index < -0.39 is 5.44 Å². The molecule has 0 saturated heterocycles. The van der Waals surface area contributed by atoms with Gasteiger partial charge in [-0.3, -0.25) is 9.99 Å². The number of nitrogens with one attached hydrogen (secondary N) is 4. The van der Waals surface area contributed by atoms with Crippen LogP contribution < -0.4 is 21.6 Å². The van der Waals surface area contributed by atoms with Gasteiger partial charge in [-0.05, 0) is 48.9 Å². The van der Waals surface area contributed by atoms with Gasteiger partial charge >= 0.3 is 0 Å². The van der Waals surface area contributed by atoms with Gasteiger partial charge in [0.15, 0.2) is 0 Å². The molecule has 196 valence electrons. The maximum atomic E-state index is 9.83. The van der Waals surface area contributed by atoms with Crippen LogP contribution in [0.25, 0.3) is 10.9 Å². The Kier molecular flexibility index (Phi) is 6.85. The zero-order chi connectivity index (χ0) is 27.2. The molecule has 3 heterocycles. The van der Waals surface area contributed by atoms with E-state index in [9.17, 15) is 5.26 Å². The van der Waals surface area contributed by atoms with Gasteiger partial charge in [-0.1, -0.05) is 50.0 Å². The number of hydrogen-bond donors (Lipinski definition) is 4. The van der Waals surface area contributed by atoms with Crippen LogP contribution in [-0.4, -0.2) is 35.4 Å². The number of aromatic nitrogens is 2. The van der Waals surface area contributed by atoms with E-state index in [1.807, 2.05) is 25.1 Å². The molecule has 0 bridgehead atoms. The Balaban J connectivity index is 1.62. The Morgan fingerprint density at radius 3 is 2.66 bits per heavy atom. The van der Waals surface area contributed by atoms with Crippen LogP contribution in [0, 0.1) is 23.7 Å². The van der Waals surface area contributed by atoms with Crippen molar-refractivity contribution in [3.05, 3.63) is 69.4 Å². The van der Waals surface area contributed by atoms with Crippen LogP contribution in [0.2, 0.25) is 10.2 Å². The summed E-state index contributed by atoms with van der Waals surface area (Å²) in [6.45, 7) is 9.07. The quantitative estimate of drug-likeness (QED) is 0.247. The molecule has 3 aromatic rings. The van der Waals surface area contributed by atoms with Gasteiger partial charge < -0.3 is 16.1 Å². The van der Waals surface area contributed by atoms with Gasteiger partial charge in [0.25, 0.3) is 0 Å². The summed E-state index contributed by atoms with van der Waals surface area (Å²) in [5, 5.41) is 20.9. The van der Waals surface area contributed by atoms with Crippen molar-refractivity contribution >= 4 is 53.3 Å². The minimum Gasteiger partial charge on any atom is -0.383 e. The second-order valence-electron chi connectivity index (χ2n) is 11.4. The Bertz CT molecular complexity index is 1470. The van der Waals surface area contributed by atoms with E-state index in [0.717, 1.165) is 46.6 Å². The highest BCUT2D eigenvalue weighted by atomic mass is 35.5. The molecular weight excluding hydrogens is 518 g/mol. The molecule has 0 amide bonds. The van der Waals surface area contributed by atoms with E-state index in [4.69, 9.17) is 23.2 Å². The van der Waals surface area contributed by atoms with Gasteiger partial charge in [-0.25, -0.2) is 4.98 Å². The molecular formula is C27H31BCl2N8. The maximum absolute atomic E-state index is 9.83. The lowest BCUT2D eigenvalue weighted by atomic mass is 9.69. The number of pyridine rings is 2. The predicted molar refractivity (Wildman–Crippen MR) is 156 cm³/mol. The van der Waals surface area contributed by atoms with E-state index in [2.05, 4.69) is 77.5 Å². The molecule has 0 spiro atoms. The summed E-state index contributed by atoms with van der Waals surface area (Å²) in [4.78, 5) is 9.03. The Hall–Kier alpha value is -3.19. The molecule has 1 unspecified atom stereocenters. The summed E-state index contributed by atoms with van der Waals surface area (Å²) in [7, 11) is 2.10. The molecule has 4 N–H and O–H groups in total. The molecule has 1 fully saturated rings. The molecule has 1 saturated carbocycles. The number of fused-ring (bicyclic) bond motifs is 1. The summed E-state index contributed by atoms with van der Waals surface area (Å²) in [6, 6.07) is 10.4. The van der Waals surface area contributed by atoms with Crippen LogP contribution in [0.4, 0.5) is 11.4 Å². The van der Waals surface area contributed by atoms with E-state index in [1.54, 1.807) is 12.3 Å². The second-order valence-corrected chi connectivity index (χ2v) is 12.2. The van der Waals surface area contributed by atoms with E-state index >= 15 is 0 Å². The lowest BCUT2D eigenvalue weighted by Gasteiger charge is -2.35. The van der Waals surface area contributed by atoms with Crippen molar-refractivity contribution in [1.29, 1.82) is 5.26 Å². The minimum absolute atomic E-state index is 0.0146. The average Bonchev–Trinajstić information content (AvgIpc) is 3.57. The van der Waals surface area contributed by atoms with Crippen LogP contribution in [0.5, 0.6) is 0 Å². The molecule has 1 aromatic carbocycles. The van der Waals surface area contributed by atoms with Gasteiger partial charge in [0.2, 0.25) is 0 Å². The lowest BCUT2D eigenvalue weighted by Crippen LogP contribution is -2.46. The minimum atomic E-state index is -0.714. The number of anilines is 2. The van der Waals surface area contributed by atoms with E-state index in [-0.39, 0.29) is 5.41 Å². The lowest BCUT2D eigenvalue weighted by molar-refractivity contribution is 0.260. The fraction of sp³-hybridized carbons (Fsp3) is 0.370. The molecule has 1 aliphatic heterocycles. The zero-order valence-corrected chi connectivity index (χ0v) is 23.7. The number of benzene rings is 1. The molecule has 2 aromatic heterocycles. The first-order valence-corrected chi connectivity index (χ1v) is 13.4. The number of nitrogens with zero attached hydrogens (tertiary/aromatic N) is 4. The molecule has 1 atom stereocenters. The number of hydrogen-bond acceptors (Lipinski definition) is 8. The molecule has 5 rings (SSSR count). The van der Waals surface area contributed by atoms with Gasteiger partial charge in [0.05, 0.1) is 32.9 Å². The Labute approximate surface area is 234 Å². The fourth-order valence-electron chi connectivity index (χ4n) is 4.72. The first kappa shape index (κ1) is 26.4. The standard InChI is InChI=1S/C27H31BCl2N8/c1-15-20(7-8-23(30)34-15)27(28,22-13-38(37-36-22)18-5-6-18)35-17-9-19-24(33-14-26(2,3)4)16(11-31)12-32-25(19)21(29)10-17/h7-10,12-13,18,35-37H,5-6,14,28H2,1-4H3,(H,32,33). The summed E-state index contributed by atoms with van der Waals surface area (Å²) in [6.07, 6.45) is 5.99. The largest absolute Gasteiger partial charge is 0.383 e. The summed E-state index contributed by atoms with van der Waals surface area (Å²) in [5.41, 5.74) is 11.3. The highest BCUT2D eigenvalue weighted by Crippen LogP contribution is 2.39. The van der Waals surface area contributed by atoms with Crippen molar-refractivity contribution in [2.24, 2.45) is 5.41 Å². The zero-order valence-electron chi connectivity index (χ0n) is 22.2. The molecule has 1 aliphatic carbocycles. The van der Waals surface area contributed by atoms with Crippen molar-refractivity contribution in [2.45, 2.75) is 52.0 Å². The highest BCUT2D eigenvalue weighted by molar-refractivity contribution is 6.36. The first-order chi connectivity index (χ1) is 18.0. The summed E-state index contributed by atoms with van der Waals surface area (Å²) >= 11 is 13.0. The topological polar surface area (TPSA) is 101 Å². The maximum Gasteiger partial charge on any atom is 0.148 e. The molecule has 2 aliphatic rings. The van der Waals surface area contributed by atoms with E-state index in [1.165, 1.54) is 0 Å². The second kappa shape index (κ2) is 9.85. The molecule has 11 heteroatoms. The molecule has 0 radical (unpaired) electrons. The average molecular weight is 549 g/mol. The van der Waals surface area contributed by atoms with Crippen molar-refractivity contribution < 1.29 is 0 Å². The van der Waals surface area contributed by atoms with Crippen LogP contribution in [0.1, 0.15) is 50.4 Å². The van der Waals surface area contributed by atoms with Crippen LogP contribution in [-0.2, 0) is 5.44 Å². The van der Waals surface area contributed by atoms with Gasteiger partial charge in [0.1, 0.15) is 19.1 Å². The van der Waals surface area contributed by atoms with Crippen molar-refractivity contribution in [2.75, 3.05) is 17.2 Å². The van der Waals surface area contributed by atoms with Crippen LogP contribution in [0.15, 0.2) is 42.4 Å². The third-order valence-electron chi connectivity index (χ3n) is 6.89. The Morgan fingerprint density at radius 2 is 2.00 bits per heavy atom. The fourth-order valence-corrected chi connectivity index (χ4v) is 5.18. The molecule has 38 heavy (non-hydrogen) atoms. The number of halogens is 2. The SMILES string of the molecule is BC(Nc1cc(Cl)c2ncc(C#N)c(NCC(C)(C)C)c2c1)(C1=CN(C2CC2)NN1)c1ccc(Cl)nc1C. The molecule has 8 nitrogen and oxygen atoms in total. The third-order valence-corrected chi connectivity index (χ3v) is 7.39. The van der Waals surface area contributed by atoms with Gasteiger partial charge in [0, 0.05) is 41.8 Å². The van der Waals surface area contributed by atoms with Crippen molar-refractivity contribution in [1.82, 2.24) is 25.9 Å². The number of rotatable bonds is 7. The van der Waals surface area contributed by atoms with Gasteiger partial charge in [-0.15, -0.1) is 5.53 Å². The first-order valence-electron chi connectivity index (χ1n) is 12.7. The summed E-state index contributed by atoms with van der Waals surface area (Å²) < 4.78 is 0. The van der Waals surface area contributed by atoms with Crippen molar-refractivity contribution in [3.8, 4) is 6.07 Å². The third kappa shape index (κ3) is 5.21. The number of nitriles is 1. The van der Waals surface area contributed by atoms with Crippen LogP contribution in [0.3, 0.4) is 0 Å². The van der Waals surface area contributed by atoms with E-state index in [0.29, 0.717) is 33.8 Å². The predicted octanol–water partition coefficient (Wildman–Crippen LogP) is 4.80. The monoisotopic (exact) mass is 548 g/mol. The number of aryl methyl sites for hydroxylation is 1. The normalized spacial score (nSPS) is 17.0. The smallest absolute Gasteiger partial charge is 0.148 e. The van der Waals surface area contributed by atoms with Crippen molar-refractivity contribution in [3.63, 3.8) is 0 Å². The Morgan fingerprint density at radius 1 is 1.24 bits per heavy atom. The highest BCUT2D eigenvalue weighted by Gasteiger charge is 2.39. The number of hydrazine groups is 2. The van der Waals surface area contributed by atoms with Crippen LogP contribution >= 0.6 is 23.2 Å². The summed E-state index contributed by atoms with van der Waals surface area (Å²) in [5.74, 6) is 0. The van der Waals surface area contributed by atoms with Gasteiger partial charge in [-0.2, -0.15) is 5.26 Å².